The number of anilines is 2. The van der Waals surface area contributed by atoms with Crippen molar-refractivity contribution in [3.63, 3.8) is 0 Å². The predicted octanol–water partition coefficient (Wildman–Crippen LogP) is 4.82. The minimum Gasteiger partial charge on any atom is -0.410 e. The monoisotopic (exact) mass is 448 g/mol. The van der Waals surface area contributed by atoms with E-state index in [0.717, 1.165) is 21.8 Å². The fraction of sp³-hybridized carbons (Fsp3) is 0.208. The molecule has 0 saturated carbocycles. The zero-order valence-corrected chi connectivity index (χ0v) is 18.4. The molecule has 2 amide bonds. The Morgan fingerprint density at radius 3 is 2.78 bits per heavy atom. The number of fused-ring (bicyclic) bond motifs is 1. The Hall–Kier alpha value is -3.65. The molecule has 0 bridgehead atoms. The third kappa shape index (κ3) is 5.15. The summed E-state index contributed by atoms with van der Waals surface area (Å²) in [6, 6.07) is 18.4. The van der Waals surface area contributed by atoms with Gasteiger partial charge in [0.25, 0.3) is 0 Å². The van der Waals surface area contributed by atoms with Crippen LogP contribution in [0, 0.1) is 11.3 Å². The molecule has 0 spiro atoms. The van der Waals surface area contributed by atoms with E-state index in [2.05, 4.69) is 10.6 Å². The molecule has 8 heteroatoms. The number of hydrogen-bond acceptors (Lipinski definition) is 5. The largest absolute Gasteiger partial charge is 0.414 e. The summed E-state index contributed by atoms with van der Waals surface area (Å²) in [7, 11) is 1.66. The van der Waals surface area contributed by atoms with E-state index < -0.39 is 6.09 Å². The molecule has 0 fully saturated rings. The molecule has 32 heavy (non-hydrogen) atoms. The quantitative estimate of drug-likeness (QED) is 0.372. The first-order valence-electron chi connectivity index (χ1n) is 10.3. The fourth-order valence-corrected chi connectivity index (χ4v) is 4.15. The van der Waals surface area contributed by atoms with E-state index in [1.165, 1.54) is 16.2 Å². The first-order valence-corrected chi connectivity index (χ1v) is 11.2. The van der Waals surface area contributed by atoms with Crippen LogP contribution in [0.25, 0.3) is 0 Å². The van der Waals surface area contributed by atoms with E-state index >= 15 is 0 Å². The minimum atomic E-state index is -0.452. The summed E-state index contributed by atoms with van der Waals surface area (Å²) in [6.45, 7) is 0.403. The van der Waals surface area contributed by atoms with Gasteiger partial charge in [-0.3, -0.25) is 10.2 Å². The number of carbonyl (C=O) groups is 2. The lowest BCUT2D eigenvalue weighted by Crippen LogP contribution is -2.36. The highest BCUT2D eigenvalue weighted by molar-refractivity contribution is 7.12. The Bertz CT molecular complexity index is 1120. The number of amides is 2. The van der Waals surface area contributed by atoms with Gasteiger partial charge in [0.1, 0.15) is 11.6 Å². The van der Waals surface area contributed by atoms with Crippen molar-refractivity contribution < 1.29 is 14.3 Å². The van der Waals surface area contributed by atoms with Crippen LogP contribution in [0.1, 0.15) is 16.9 Å². The highest BCUT2D eigenvalue weighted by Gasteiger charge is 2.27. The Kier molecular flexibility index (Phi) is 6.51. The third-order valence-corrected chi connectivity index (χ3v) is 6.20. The number of benzene rings is 2. The predicted molar refractivity (Wildman–Crippen MR) is 127 cm³/mol. The van der Waals surface area contributed by atoms with E-state index in [9.17, 15) is 9.59 Å². The molecule has 164 valence electrons. The summed E-state index contributed by atoms with van der Waals surface area (Å²) < 4.78 is 5.34. The maximum Gasteiger partial charge on any atom is 0.414 e. The topological polar surface area (TPSA) is 94.5 Å². The summed E-state index contributed by atoms with van der Waals surface area (Å²) in [5.74, 6) is 0.535. The lowest BCUT2D eigenvalue weighted by molar-refractivity contribution is -0.120. The lowest BCUT2D eigenvalue weighted by Gasteiger charge is -2.26. The number of para-hydroxylation sites is 1. The molecule has 1 aromatic heterocycles. The Labute approximate surface area is 190 Å². The van der Waals surface area contributed by atoms with Crippen molar-refractivity contribution in [1.29, 1.82) is 5.41 Å². The van der Waals surface area contributed by atoms with Crippen molar-refractivity contribution in [2.45, 2.75) is 12.8 Å². The SMILES string of the molecule is CN(CCC1Cc2cc(NC(=N)c3cccs3)ccc2NC1=O)C(=O)Oc1ccccc1. The molecule has 3 aromatic rings. The molecule has 2 aromatic carbocycles. The minimum absolute atomic E-state index is 0.0469. The molecule has 1 atom stereocenters. The second kappa shape index (κ2) is 9.65. The van der Waals surface area contributed by atoms with Crippen LogP contribution in [-0.4, -0.2) is 36.3 Å². The molecule has 1 unspecified atom stereocenters. The molecular formula is C24H24N4O3S. The van der Waals surface area contributed by atoms with Gasteiger partial charge in [-0.1, -0.05) is 24.3 Å². The highest BCUT2D eigenvalue weighted by atomic mass is 32.1. The van der Waals surface area contributed by atoms with Crippen LogP contribution in [-0.2, 0) is 11.2 Å². The van der Waals surface area contributed by atoms with Gasteiger partial charge in [-0.15, -0.1) is 11.3 Å². The van der Waals surface area contributed by atoms with Crippen LogP contribution >= 0.6 is 11.3 Å². The number of nitrogens with one attached hydrogen (secondary N) is 3. The number of rotatable bonds is 6. The number of thiophene rings is 1. The molecule has 1 aliphatic heterocycles. The van der Waals surface area contributed by atoms with Crippen molar-refractivity contribution >= 4 is 40.5 Å². The first kappa shape index (κ1) is 21.6. The highest BCUT2D eigenvalue weighted by Crippen LogP contribution is 2.30. The average molecular weight is 449 g/mol. The van der Waals surface area contributed by atoms with E-state index in [1.54, 1.807) is 31.3 Å². The van der Waals surface area contributed by atoms with Crippen LogP contribution in [0.4, 0.5) is 16.2 Å². The van der Waals surface area contributed by atoms with E-state index in [1.807, 2.05) is 41.8 Å². The number of nitrogens with zero attached hydrogens (tertiary/aromatic N) is 1. The zero-order valence-electron chi connectivity index (χ0n) is 17.6. The smallest absolute Gasteiger partial charge is 0.410 e. The number of carbonyl (C=O) groups excluding carboxylic acids is 2. The van der Waals surface area contributed by atoms with Crippen LogP contribution in [0.5, 0.6) is 5.75 Å². The second-order valence-corrected chi connectivity index (χ2v) is 8.58. The molecule has 0 radical (unpaired) electrons. The van der Waals surface area contributed by atoms with Gasteiger partial charge < -0.3 is 20.3 Å². The standard InChI is InChI=1S/C24H24N4O3S/c1-28(24(30)31-19-6-3-2-4-7-19)12-11-16-14-17-15-18(9-10-20(17)27-23(16)29)26-22(25)21-8-5-13-32-21/h2-10,13,15-16H,11-12,14H2,1H3,(H2,25,26)(H,27,29). The summed E-state index contributed by atoms with van der Waals surface area (Å²) >= 11 is 1.51. The molecule has 4 rings (SSSR count). The molecule has 7 nitrogen and oxygen atoms in total. The summed E-state index contributed by atoms with van der Waals surface area (Å²) in [6.07, 6.45) is 0.644. The van der Waals surface area contributed by atoms with Crippen molar-refractivity contribution in [3.05, 3.63) is 76.5 Å². The number of amidine groups is 1. The molecule has 2 heterocycles. The van der Waals surface area contributed by atoms with Crippen LogP contribution < -0.4 is 15.4 Å². The summed E-state index contributed by atoms with van der Waals surface area (Å²) in [5, 5.41) is 16.2. The van der Waals surface area contributed by atoms with Crippen LogP contribution in [0.2, 0.25) is 0 Å². The average Bonchev–Trinajstić information content (AvgIpc) is 3.33. The molecule has 1 aliphatic rings. The van der Waals surface area contributed by atoms with Gasteiger partial charge in [0.15, 0.2) is 0 Å². The van der Waals surface area contributed by atoms with Gasteiger partial charge >= 0.3 is 6.09 Å². The fourth-order valence-electron chi connectivity index (χ4n) is 3.52. The van der Waals surface area contributed by atoms with Crippen LogP contribution in [0.15, 0.2) is 66.0 Å². The van der Waals surface area contributed by atoms with Crippen molar-refractivity contribution in [2.24, 2.45) is 5.92 Å². The van der Waals surface area contributed by atoms with Crippen molar-refractivity contribution in [1.82, 2.24) is 4.90 Å². The van der Waals surface area contributed by atoms with Gasteiger partial charge in [-0.25, -0.2) is 4.79 Å². The van der Waals surface area contributed by atoms with E-state index in [-0.39, 0.29) is 11.8 Å². The maximum absolute atomic E-state index is 12.6. The lowest BCUT2D eigenvalue weighted by atomic mass is 9.90. The summed E-state index contributed by atoms with van der Waals surface area (Å²) in [4.78, 5) is 27.2. The van der Waals surface area contributed by atoms with Gasteiger partial charge in [0, 0.05) is 30.9 Å². The summed E-state index contributed by atoms with van der Waals surface area (Å²) in [5.41, 5.74) is 2.60. The van der Waals surface area contributed by atoms with Crippen LogP contribution in [0.3, 0.4) is 0 Å². The molecule has 3 N–H and O–H groups in total. The molecule has 0 aliphatic carbocycles. The second-order valence-electron chi connectivity index (χ2n) is 7.63. The van der Waals surface area contributed by atoms with E-state index in [0.29, 0.717) is 31.0 Å². The van der Waals surface area contributed by atoms with Gasteiger partial charge in [-0.2, -0.15) is 0 Å². The van der Waals surface area contributed by atoms with Gasteiger partial charge in [0.05, 0.1) is 4.88 Å². The number of hydrogen-bond donors (Lipinski definition) is 3. The Morgan fingerprint density at radius 1 is 1.22 bits per heavy atom. The third-order valence-electron chi connectivity index (χ3n) is 5.31. The van der Waals surface area contributed by atoms with Crippen molar-refractivity contribution in [3.8, 4) is 5.75 Å². The van der Waals surface area contributed by atoms with E-state index in [4.69, 9.17) is 10.1 Å². The maximum atomic E-state index is 12.6. The van der Waals surface area contributed by atoms with Gasteiger partial charge in [0.2, 0.25) is 5.91 Å². The Morgan fingerprint density at radius 2 is 2.03 bits per heavy atom. The zero-order chi connectivity index (χ0) is 22.5. The van der Waals surface area contributed by atoms with Crippen molar-refractivity contribution in [2.75, 3.05) is 24.2 Å². The first-order chi connectivity index (χ1) is 15.5. The van der Waals surface area contributed by atoms with Gasteiger partial charge in [-0.05, 0) is 60.2 Å². The number of ether oxygens (including phenoxy) is 1. The molecular weight excluding hydrogens is 424 g/mol. The Balaban J connectivity index is 1.35. The normalized spacial score (nSPS) is 14.8. The molecule has 0 saturated heterocycles.